The summed E-state index contributed by atoms with van der Waals surface area (Å²) in [5, 5.41) is 14.4. The lowest BCUT2D eigenvalue weighted by molar-refractivity contribution is -0.117. The highest BCUT2D eigenvalue weighted by atomic mass is 16.5. The fourth-order valence-electron chi connectivity index (χ4n) is 6.26. The molecule has 3 aromatic rings. The SMILES string of the molecule is CC1Oc2cc(N3CCCC3=O)ccc2-c2cnc(Nc3cnc4c(c3)N3C(O)C(C)(C)C[C@H]3CO4)cc21. The van der Waals surface area contributed by atoms with Crippen LogP contribution in [0.2, 0.25) is 0 Å². The zero-order valence-electron chi connectivity index (χ0n) is 21.8. The Morgan fingerprint density at radius 1 is 1.13 bits per heavy atom. The van der Waals surface area contributed by atoms with Gasteiger partial charge < -0.3 is 29.7 Å². The van der Waals surface area contributed by atoms with Crippen LogP contribution in [0, 0.1) is 5.41 Å². The summed E-state index contributed by atoms with van der Waals surface area (Å²) < 4.78 is 12.2. The Morgan fingerprint density at radius 3 is 2.82 bits per heavy atom. The lowest BCUT2D eigenvalue weighted by Crippen LogP contribution is -2.44. The van der Waals surface area contributed by atoms with Crippen molar-refractivity contribution in [1.29, 1.82) is 0 Å². The monoisotopic (exact) mass is 513 g/mol. The van der Waals surface area contributed by atoms with Gasteiger partial charge in [-0.15, -0.1) is 0 Å². The number of ether oxygens (including phenoxy) is 2. The molecule has 38 heavy (non-hydrogen) atoms. The van der Waals surface area contributed by atoms with Crippen molar-refractivity contribution in [2.75, 3.05) is 28.3 Å². The third-order valence-corrected chi connectivity index (χ3v) is 8.23. The van der Waals surface area contributed by atoms with E-state index in [9.17, 15) is 9.90 Å². The van der Waals surface area contributed by atoms with Crippen LogP contribution in [-0.2, 0) is 4.79 Å². The first-order valence-corrected chi connectivity index (χ1v) is 13.3. The number of carbonyl (C=O) groups excluding carboxylic acids is 1. The molecule has 9 nitrogen and oxygen atoms in total. The van der Waals surface area contributed by atoms with E-state index in [1.54, 1.807) is 6.20 Å². The lowest BCUT2D eigenvalue weighted by Gasteiger charge is -2.36. The molecule has 1 aromatic carbocycles. The highest BCUT2D eigenvalue weighted by Gasteiger charge is 2.48. The zero-order valence-corrected chi connectivity index (χ0v) is 21.8. The third-order valence-electron chi connectivity index (χ3n) is 8.23. The number of aromatic nitrogens is 2. The number of hydrogen-bond acceptors (Lipinski definition) is 8. The van der Waals surface area contributed by atoms with Crippen molar-refractivity contribution in [3.05, 3.63) is 48.3 Å². The van der Waals surface area contributed by atoms with Crippen molar-refractivity contribution in [2.24, 2.45) is 5.41 Å². The number of aliphatic hydroxyl groups is 1. The first-order chi connectivity index (χ1) is 18.3. The first kappa shape index (κ1) is 23.3. The van der Waals surface area contributed by atoms with E-state index in [1.807, 2.05) is 53.3 Å². The third kappa shape index (κ3) is 3.60. The van der Waals surface area contributed by atoms with E-state index in [1.165, 1.54) is 0 Å². The predicted molar refractivity (Wildman–Crippen MR) is 144 cm³/mol. The van der Waals surface area contributed by atoms with Gasteiger partial charge in [-0.05, 0) is 44.0 Å². The average Bonchev–Trinajstić information content (AvgIpc) is 3.43. The van der Waals surface area contributed by atoms with Crippen LogP contribution < -0.4 is 24.6 Å². The second-order valence-electron chi connectivity index (χ2n) is 11.4. The molecule has 9 heteroatoms. The van der Waals surface area contributed by atoms with Gasteiger partial charge >= 0.3 is 0 Å². The normalized spacial score (nSPS) is 24.6. The van der Waals surface area contributed by atoms with E-state index in [0.717, 1.165) is 58.9 Å². The van der Waals surface area contributed by atoms with Crippen molar-refractivity contribution in [3.8, 4) is 22.8 Å². The van der Waals surface area contributed by atoms with Gasteiger partial charge in [-0.1, -0.05) is 13.8 Å². The highest BCUT2D eigenvalue weighted by Crippen LogP contribution is 2.48. The molecule has 4 aliphatic heterocycles. The van der Waals surface area contributed by atoms with Gasteiger partial charge in [0.1, 0.15) is 36.2 Å². The quantitative estimate of drug-likeness (QED) is 0.516. The van der Waals surface area contributed by atoms with Gasteiger partial charge in [0, 0.05) is 53.0 Å². The molecule has 196 valence electrons. The van der Waals surface area contributed by atoms with Gasteiger partial charge in [0.15, 0.2) is 0 Å². The number of nitrogens with one attached hydrogen (secondary N) is 1. The zero-order chi connectivity index (χ0) is 26.2. The summed E-state index contributed by atoms with van der Waals surface area (Å²) in [5.41, 5.74) is 5.23. The Balaban J connectivity index is 1.17. The van der Waals surface area contributed by atoms with Crippen molar-refractivity contribution in [3.63, 3.8) is 0 Å². The van der Waals surface area contributed by atoms with Crippen molar-refractivity contribution >= 4 is 28.8 Å². The van der Waals surface area contributed by atoms with Gasteiger partial charge in [-0.25, -0.2) is 9.97 Å². The Labute approximate surface area is 221 Å². The van der Waals surface area contributed by atoms with E-state index in [-0.39, 0.29) is 23.5 Å². The van der Waals surface area contributed by atoms with Gasteiger partial charge in [-0.2, -0.15) is 0 Å². The number of amides is 1. The number of pyridine rings is 2. The smallest absolute Gasteiger partial charge is 0.237 e. The molecular formula is C29H31N5O4. The molecule has 0 radical (unpaired) electrons. The van der Waals surface area contributed by atoms with E-state index in [0.29, 0.717) is 24.7 Å². The maximum Gasteiger partial charge on any atom is 0.237 e. The number of anilines is 4. The van der Waals surface area contributed by atoms with Gasteiger partial charge in [0.05, 0.1) is 17.9 Å². The molecule has 3 atom stereocenters. The standard InChI is InChI=1S/C29H31N5O4/c1-16-21-11-25(30-14-22(21)20-7-6-18(10-24(20)38-16)33-8-4-5-26(33)35)32-17-9-23-27(31-13-17)37-15-19-12-29(2,3)28(36)34(19)23/h6-7,9-11,13-14,16,19,28,36H,4-5,8,12,15H2,1-3H3,(H,30,32)/t16?,19-,28?/m0/s1. The maximum absolute atomic E-state index is 12.2. The van der Waals surface area contributed by atoms with Gasteiger partial charge in [0.2, 0.25) is 11.8 Å². The van der Waals surface area contributed by atoms with Crippen LogP contribution in [-0.4, -0.2) is 46.4 Å². The minimum absolute atomic E-state index is 0.119. The molecule has 2 N–H and O–H groups in total. The molecular weight excluding hydrogens is 482 g/mol. The molecule has 0 bridgehead atoms. The number of rotatable bonds is 3. The topological polar surface area (TPSA) is 100 Å². The molecule has 0 aliphatic carbocycles. The first-order valence-electron chi connectivity index (χ1n) is 13.3. The molecule has 2 unspecified atom stereocenters. The number of aliphatic hydroxyl groups excluding tert-OH is 1. The Kier molecular flexibility index (Phi) is 5.10. The summed E-state index contributed by atoms with van der Waals surface area (Å²) in [6.07, 6.45) is 5.16. The van der Waals surface area contributed by atoms with E-state index >= 15 is 0 Å². The minimum Gasteiger partial charge on any atom is -0.485 e. The fourth-order valence-corrected chi connectivity index (χ4v) is 6.26. The minimum atomic E-state index is -0.601. The molecule has 2 fully saturated rings. The number of benzene rings is 1. The van der Waals surface area contributed by atoms with Crippen LogP contribution in [0.1, 0.15) is 51.7 Å². The second kappa shape index (κ2) is 8.33. The number of fused-ring (bicyclic) bond motifs is 6. The fraction of sp³-hybridized carbons (Fsp3) is 0.414. The lowest BCUT2D eigenvalue weighted by atomic mass is 9.89. The number of carbonyl (C=O) groups is 1. The summed E-state index contributed by atoms with van der Waals surface area (Å²) in [7, 11) is 0. The Bertz CT molecular complexity index is 1460. The molecule has 0 spiro atoms. The van der Waals surface area contributed by atoms with Crippen molar-refractivity contribution in [2.45, 2.75) is 58.4 Å². The summed E-state index contributed by atoms with van der Waals surface area (Å²) >= 11 is 0. The largest absolute Gasteiger partial charge is 0.485 e. The van der Waals surface area contributed by atoms with Crippen LogP contribution >= 0.6 is 0 Å². The maximum atomic E-state index is 12.2. The Hall–Kier alpha value is -3.85. The van der Waals surface area contributed by atoms with E-state index in [2.05, 4.69) is 24.1 Å². The molecule has 4 aliphatic rings. The Morgan fingerprint density at radius 2 is 2.00 bits per heavy atom. The molecule has 1 amide bonds. The summed E-state index contributed by atoms with van der Waals surface area (Å²) in [4.78, 5) is 25.3. The number of nitrogens with zero attached hydrogens (tertiary/aromatic N) is 4. The summed E-state index contributed by atoms with van der Waals surface area (Å²) in [5.74, 6) is 2.15. The van der Waals surface area contributed by atoms with Gasteiger partial charge in [-0.3, -0.25) is 4.79 Å². The van der Waals surface area contributed by atoms with Crippen molar-refractivity contribution < 1.29 is 19.4 Å². The molecule has 2 saturated heterocycles. The molecule has 7 rings (SSSR count). The molecule has 6 heterocycles. The predicted octanol–water partition coefficient (Wildman–Crippen LogP) is 4.78. The van der Waals surface area contributed by atoms with Crippen LogP contribution in [0.25, 0.3) is 11.1 Å². The molecule has 0 saturated carbocycles. The van der Waals surface area contributed by atoms with Crippen LogP contribution in [0.5, 0.6) is 11.6 Å². The van der Waals surface area contributed by atoms with Crippen LogP contribution in [0.3, 0.4) is 0 Å². The van der Waals surface area contributed by atoms with E-state index in [4.69, 9.17) is 14.5 Å². The van der Waals surface area contributed by atoms with Crippen LogP contribution in [0.15, 0.2) is 42.7 Å². The number of hydrogen-bond donors (Lipinski definition) is 2. The van der Waals surface area contributed by atoms with E-state index < -0.39 is 6.23 Å². The van der Waals surface area contributed by atoms with Crippen LogP contribution in [0.4, 0.5) is 22.9 Å². The van der Waals surface area contributed by atoms with Gasteiger partial charge in [0.25, 0.3) is 0 Å². The highest BCUT2D eigenvalue weighted by molar-refractivity contribution is 5.96. The van der Waals surface area contributed by atoms with Crippen molar-refractivity contribution in [1.82, 2.24) is 9.97 Å². The summed E-state index contributed by atoms with van der Waals surface area (Å²) in [6.45, 7) is 7.45. The molecule has 2 aromatic heterocycles. The average molecular weight is 514 g/mol. The summed E-state index contributed by atoms with van der Waals surface area (Å²) in [6, 6.07) is 10.1. The second-order valence-corrected chi connectivity index (χ2v) is 11.4.